The van der Waals surface area contributed by atoms with Crippen molar-refractivity contribution in [2.75, 3.05) is 5.32 Å². The first kappa shape index (κ1) is 13.0. The van der Waals surface area contributed by atoms with E-state index in [1.165, 1.54) is 11.3 Å². The van der Waals surface area contributed by atoms with Crippen LogP contribution in [-0.4, -0.2) is 22.0 Å². The third-order valence-corrected chi connectivity index (χ3v) is 3.81. The fourth-order valence-electron chi connectivity index (χ4n) is 1.89. The second-order valence-electron chi connectivity index (χ2n) is 3.97. The number of amides is 1. The molecule has 0 aliphatic heterocycles. The van der Waals surface area contributed by atoms with Crippen molar-refractivity contribution in [2.24, 2.45) is 11.8 Å². The topological polar surface area (TPSA) is 79.3 Å². The van der Waals surface area contributed by atoms with Crippen LogP contribution < -0.4 is 5.32 Å². The number of nitrogens with zero attached hydrogens (tertiary/aromatic N) is 1. The van der Waals surface area contributed by atoms with E-state index in [0.29, 0.717) is 10.2 Å². The van der Waals surface area contributed by atoms with E-state index in [0.717, 1.165) is 0 Å². The molecule has 2 rings (SSSR count). The zero-order valence-electron chi connectivity index (χ0n) is 9.30. The molecule has 1 aromatic heterocycles. The normalized spacial score (nSPS) is 23.3. The van der Waals surface area contributed by atoms with Crippen LogP contribution in [0, 0.1) is 11.8 Å². The van der Waals surface area contributed by atoms with E-state index in [1.54, 1.807) is 17.7 Å². The van der Waals surface area contributed by atoms with E-state index >= 15 is 0 Å². The number of aromatic nitrogens is 1. The average molecular weight is 287 g/mol. The lowest BCUT2D eigenvalue weighted by molar-refractivity contribution is -0.146. The summed E-state index contributed by atoms with van der Waals surface area (Å²) in [4.78, 5) is 27.1. The summed E-state index contributed by atoms with van der Waals surface area (Å²) in [5.41, 5.74) is 0. The summed E-state index contributed by atoms with van der Waals surface area (Å²) in [7, 11) is 0. The van der Waals surface area contributed by atoms with Crippen LogP contribution in [-0.2, 0) is 9.59 Å². The van der Waals surface area contributed by atoms with Gasteiger partial charge in [-0.25, -0.2) is 4.98 Å². The number of carbonyl (C=O) groups excluding carboxylic acids is 1. The van der Waals surface area contributed by atoms with Crippen molar-refractivity contribution in [3.8, 4) is 0 Å². The van der Waals surface area contributed by atoms with Crippen molar-refractivity contribution >= 4 is 39.9 Å². The van der Waals surface area contributed by atoms with Crippen molar-refractivity contribution < 1.29 is 14.7 Å². The molecule has 5 nitrogen and oxygen atoms in total. The number of rotatable bonds is 3. The molecule has 0 radical (unpaired) electrons. The molecular weight excluding hydrogens is 276 g/mol. The van der Waals surface area contributed by atoms with Gasteiger partial charge in [0.2, 0.25) is 5.91 Å². The number of allylic oxidation sites excluding steroid dienone is 2. The molecule has 0 aromatic carbocycles. The highest BCUT2D eigenvalue weighted by Crippen LogP contribution is 2.32. The first-order chi connectivity index (χ1) is 8.58. The van der Waals surface area contributed by atoms with Gasteiger partial charge in [0, 0.05) is 16.6 Å². The highest BCUT2D eigenvalue weighted by molar-refractivity contribution is 7.13. The molecule has 1 aliphatic rings. The molecule has 0 fully saturated rings. The van der Waals surface area contributed by atoms with Gasteiger partial charge in [-0.15, -0.1) is 11.3 Å². The van der Waals surface area contributed by atoms with Crippen LogP contribution in [0.3, 0.4) is 0 Å². The highest BCUT2D eigenvalue weighted by atomic mass is 35.5. The summed E-state index contributed by atoms with van der Waals surface area (Å²) in [6, 6.07) is 0. The zero-order chi connectivity index (χ0) is 13.1. The predicted octanol–water partition coefficient (Wildman–Crippen LogP) is 2.32. The number of carbonyl (C=O) groups is 2. The van der Waals surface area contributed by atoms with Gasteiger partial charge in [0.05, 0.1) is 11.8 Å². The number of carboxylic acids is 1. The summed E-state index contributed by atoms with van der Waals surface area (Å²) in [5, 5.41) is 14.5. The quantitative estimate of drug-likeness (QED) is 0.894. The predicted molar refractivity (Wildman–Crippen MR) is 68.5 cm³/mol. The SMILES string of the molecule is O=C(O)[C@H]1CC=C(Cl)C[C@H]1C(=O)Nc1nccs1. The summed E-state index contributed by atoms with van der Waals surface area (Å²) in [6.45, 7) is 0. The largest absolute Gasteiger partial charge is 0.481 e. The Morgan fingerprint density at radius 1 is 1.50 bits per heavy atom. The van der Waals surface area contributed by atoms with Gasteiger partial charge in [-0.2, -0.15) is 0 Å². The Bertz CT molecular complexity index is 486. The smallest absolute Gasteiger partial charge is 0.307 e. The van der Waals surface area contributed by atoms with Gasteiger partial charge < -0.3 is 10.4 Å². The third-order valence-electron chi connectivity index (χ3n) is 2.81. The molecule has 96 valence electrons. The van der Waals surface area contributed by atoms with Crippen LogP contribution >= 0.6 is 22.9 Å². The van der Waals surface area contributed by atoms with Crippen molar-refractivity contribution in [3.63, 3.8) is 0 Å². The maximum absolute atomic E-state index is 12.0. The molecule has 1 amide bonds. The van der Waals surface area contributed by atoms with Crippen LogP contribution in [0.15, 0.2) is 22.7 Å². The fourth-order valence-corrected chi connectivity index (χ4v) is 2.67. The highest BCUT2D eigenvalue weighted by Gasteiger charge is 2.36. The molecule has 1 heterocycles. The minimum atomic E-state index is -0.977. The minimum absolute atomic E-state index is 0.260. The van der Waals surface area contributed by atoms with Crippen LogP contribution in [0.5, 0.6) is 0 Å². The summed E-state index contributed by atoms with van der Waals surface area (Å²) >= 11 is 7.17. The number of hydrogen-bond donors (Lipinski definition) is 2. The van der Waals surface area contributed by atoms with Crippen molar-refractivity contribution in [1.82, 2.24) is 4.98 Å². The van der Waals surface area contributed by atoms with Gasteiger partial charge in [0.25, 0.3) is 0 Å². The van der Waals surface area contributed by atoms with Crippen LogP contribution in [0.1, 0.15) is 12.8 Å². The van der Waals surface area contributed by atoms with Gasteiger partial charge in [-0.05, 0) is 12.8 Å². The molecule has 18 heavy (non-hydrogen) atoms. The molecule has 0 bridgehead atoms. The van der Waals surface area contributed by atoms with Crippen LogP contribution in [0.25, 0.3) is 0 Å². The number of thiazole rings is 1. The van der Waals surface area contributed by atoms with Crippen molar-refractivity contribution in [1.29, 1.82) is 0 Å². The van der Waals surface area contributed by atoms with Gasteiger partial charge in [0.1, 0.15) is 0 Å². The number of nitrogens with one attached hydrogen (secondary N) is 1. The number of aliphatic carboxylic acids is 1. The lowest BCUT2D eigenvalue weighted by Gasteiger charge is -2.25. The lowest BCUT2D eigenvalue weighted by Crippen LogP contribution is -2.35. The maximum Gasteiger partial charge on any atom is 0.307 e. The molecule has 7 heteroatoms. The van der Waals surface area contributed by atoms with Crippen LogP contribution in [0.2, 0.25) is 0 Å². The molecule has 2 N–H and O–H groups in total. The summed E-state index contributed by atoms with van der Waals surface area (Å²) in [5.74, 6) is -2.70. The second-order valence-corrected chi connectivity index (χ2v) is 5.35. The third kappa shape index (κ3) is 2.88. The molecule has 0 saturated carbocycles. The molecule has 1 aromatic rings. The Hall–Kier alpha value is -1.40. The van der Waals surface area contributed by atoms with E-state index < -0.39 is 17.8 Å². The molecule has 0 unspecified atom stereocenters. The first-order valence-corrected chi connectivity index (χ1v) is 6.61. The summed E-state index contributed by atoms with van der Waals surface area (Å²) < 4.78 is 0. The Labute approximate surface area is 112 Å². The van der Waals surface area contributed by atoms with Gasteiger partial charge in [0.15, 0.2) is 5.13 Å². The molecule has 0 spiro atoms. The van der Waals surface area contributed by atoms with E-state index in [4.69, 9.17) is 16.7 Å². The lowest BCUT2D eigenvalue weighted by atomic mass is 9.82. The number of hydrogen-bond acceptors (Lipinski definition) is 4. The Morgan fingerprint density at radius 2 is 2.28 bits per heavy atom. The maximum atomic E-state index is 12.0. The van der Waals surface area contributed by atoms with Gasteiger partial charge in [-0.3, -0.25) is 9.59 Å². The molecule has 2 atom stereocenters. The second kappa shape index (κ2) is 5.49. The molecule has 0 saturated heterocycles. The van der Waals surface area contributed by atoms with Gasteiger partial charge in [-0.1, -0.05) is 17.7 Å². The van der Waals surface area contributed by atoms with Crippen molar-refractivity contribution in [3.05, 3.63) is 22.7 Å². The fraction of sp³-hybridized carbons (Fsp3) is 0.364. The van der Waals surface area contributed by atoms with Gasteiger partial charge >= 0.3 is 5.97 Å². The Balaban J connectivity index is 2.11. The number of anilines is 1. The van der Waals surface area contributed by atoms with E-state index in [-0.39, 0.29) is 18.7 Å². The standard InChI is InChI=1S/C11H11ClN2O3S/c12-6-1-2-7(10(16)17)8(5-6)9(15)14-11-13-3-4-18-11/h1,3-4,7-8H,2,5H2,(H,16,17)(H,13,14,15)/t7-,8+/m0/s1. The Morgan fingerprint density at radius 3 is 2.89 bits per heavy atom. The van der Waals surface area contributed by atoms with Crippen LogP contribution in [0.4, 0.5) is 5.13 Å². The number of halogens is 1. The van der Waals surface area contributed by atoms with E-state index in [2.05, 4.69) is 10.3 Å². The summed E-state index contributed by atoms with van der Waals surface area (Å²) in [6.07, 6.45) is 3.77. The number of carboxylic acid groups (broad SMARTS) is 1. The Kier molecular flexibility index (Phi) is 3.98. The van der Waals surface area contributed by atoms with Crippen molar-refractivity contribution in [2.45, 2.75) is 12.8 Å². The van der Waals surface area contributed by atoms with E-state index in [9.17, 15) is 9.59 Å². The molecular formula is C11H11ClN2O3S. The first-order valence-electron chi connectivity index (χ1n) is 5.35. The monoisotopic (exact) mass is 286 g/mol. The minimum Gasteiger partial charge on any atom is -0.481 e. The average Bonchev–Trinajstić information content (AvgIpc) is 2.81. The molecule has 1 aliphatic carbocycles. The zero-order valence-corrected chi connectivity index (χ0v) is 10.9. The van der Waals surface area contributed by atoms with E-state index in [1.807, 2.05) is 0 Å².